The average molecular weight is 332 g/mol. The standard InChI is InChI=1S/C13H15BrFNO3/c1-2-5-16(6-7-17)13(18)9-19-12-4-3-10(14)8-11(12)15/h2-4,8,17H,1,5-7,9H2. The minimum absolute atomic E-state index is 0.0131. The Kier molecular flexibility index (Phi) is 6.52. The highest BCUT2D eigenvalue weighted by molar-refractivity contribution is 9.10. The molecule has 1 aromatic rings. The largest absolute Gasteiger partial charge is 0.481 e. The molecule has 0 aliphatic rings. The quantitative estimate of drug-likeness (QED) is 0.777. The van der Waals surface area contributed by atoms with Crippen molar-refractivity contribution in [2.45, 2.75) is 0 Å². The molecule has 1 rings (SSSR count). The molecule has 1 amide bonds. The van der Waals surface area contributed by atoms with Gasteiger partial charge >= 0.3 is 0 Å². The molecular formula is C13H15BrFNO3. The molecule has 0 aliphatic heterocycles. The van der Waals surface area contributed by atoms with Gasteiger partial charge in [0.25, 0.3) is 5.91 Å². The third kappa shape index (κ3) is 5.00. The van der Waals surface area contributed by atoms with Crippen LogP contribution >= 0.6 is 15.9 Å². The maximum absolute atomic E-state index is 13.5. The van der Waals surface area contributed by atoms with Crippen LogP contribution in [0.15, 0.2) is 35.3 Å². The number of halogens is 2. The number of benzene rings is 1. The fraction of sp³-hybridized carbons (Fsp3) is 0.308. The summed E-state index contributed by atoms with van der Waals surface area (Å²) in [4.78, 5) is 13.2. The zero-order chi connectivity index (χ0) is 14.3. The van der Waals surface area contributed by atoms with Crippen molar-refractivity contribution in [2.75, 3.05) is 26.3 Å². The van der Waals surface area contributed by atoms with Gasteiger partial charge in [-0.3, -0.25) is 4.79 Å². The van der Waals surface area contributed by atoms with E-state index in [-0.39, 0.29) is 31.4 Å². The summed E-state index contributed by atoms with van der Waals surface area (Å²) < 4.78 is 19.2. The Morgan fingerprint density at radius 1 is 1.58 bits per heavy atom. The van der Waals surface area contributed by atoms with Crippen LogP contribution < -0.4 is 4.74 Å². The summed E-state index contributed by atoms with van der Waals surface area (Å²) in [5, 5.41) is 8.84. The van der Waals surface area contributed by atoms with Gasteiger partial charge in [0.05, 0.1) is 6.61 Å². The second-order valence-electron chi connectivity index (χ2n) is 3.72. The van der Waals surface area contributed by atoms with Crippen molar-refractivity contribution >= 4 is 21.8 Å². The molecule has 0 radical (unpaired) electrons. The molecule has 104 valence electrons. The summed E-state index contributed by atoms with van der Waals surface area (Å²) >= 11 is 3.13. The van der Waals surface area contributed by atoms with Crippen LogP contribution in [0.25, 0.3) is 0 Å². The SMILES string of the molecule is C=CCN(CCO)C(=O)COc1ccc(Br)cc1F. The highest BCUT2D eigenvalue weighted by Gasteiger charge is 2.13. The van der Waals surface area contributed by atoms with E-state index in [0.717, 1.165) is 0 Å². The highest BCUT2D eigenvalue weighted by Crippen LogP contribution is 2.21. The van der Waals surface area contributed by atoms with Gasteiger partial charge in [-0.25, -0.2) is 4.39 Å². The van der Waals surface area contributed by atoms with Gasteiger partial charge in [-0.1, -0.05) is 22.0 Å². The third-order valence-corrected chi connectivity index (χ3v) is 2.81. The van der Waals surface area contributed by atoms with Crippen LogP contribution in [0.1, 0.15) is 0 Å². The van der Waals surface area contributed by atoms with E-state index in [0.29, 0.717) is 11.0 Å². The average Bonchev–Trinajstić information content (AvgIpc) is 2.37. The number of amides is 1. The molecule has 0 aliphatic carbocycles. The van der Waals surface area contributed by atoms with Crippen molar-refractivity contribution in [3.05, 3.63) is 41.1 Å². The van der Waals surface area contributed by atoms with E-state index in [4.69, 9.17) is 9.84 Å². The molecule has 1 N–H and O–H groups in total. The number of carbonyl (C=O) groups is 1. The fourth-order valence-corrected chi connectivity index (χ4v) is 1.75. The van der Waals surface area contributed by atoms with E-state index in [1.807, 2.05) is 0 Å². The summed E-state index contributed by atoms with van der Waals surface area (Å²) in [7, 11) is 0. The molecule has 0 saturated heterocycles. The van der Waals surface area contributed by atoms with E-state index in [1.165, 1.54) is 17.0 Å². The Morgan fingerprint density at radius 2 is 2.32 bits per heavy atom. The number of hydrogen-bond acceptors (Lipinski definition) is 3. The molecular weight excluding hydrogens is 317 g/mol. The first-order chi connectivity index (χ1) is 9.08. The molecule has 1 aromatic carbocycles. The van der Waals surface area contributed by atoms with Crippen LogP contribution in [0.5, 0.6) is 5.75 Å². The minimum Gasteiger partial charge on any atom is -0.481 e. The molecule has 19 heavy (non-hydrogen) atoms. The Hall–Kier alpha value is -1.40. The van der Waals surface area contributed by atoms with Gasteiger partial charge in [-0.05, 0) is 18.2 Å². The molecule has 0 spiro atoms. The Morgan fingerprint density at radius 3 is 2.89 bits per heavy atom. The lowest BCUT2D eigenvalue weighted by atomic mass is 10.3. The predicted octanol–water partition coefficient (Wildman–Crippen LogP) is 1.97. The Bertz CT molecular complexity index is 454. The van der Waals surface area contributed by atoms with Crippen molar-refractivity contribution in [1.29, 1.82) is 0 Å². The summed E-state index contributed by atoms with van der Waals surface area (Å²) in [6.45, 7) is 3.60. The topological polar surface area (TPSA) is 49.8 Å². The van der Waals surface area contributed by atoms with E-state index in [9.17, 15) is 9.18 Å². The van der Waals surface area contributed by atoms with Crippen LogP contribution in [-0.2, 0) is 4.79 Å². The number of aliphatic hydroxyl groups excluding tert-OH is 1. The lowest BCUT2D eigenvalue weighted by molar-refractivity contribution is -0.133. The van der Waals surface area contributed by atoms with Crippen LogP contribution in [0.3, 0.4) is 0 Å². The molecule has 0 unspecified atom stereocenters. The van der Waals surface area contributed by atoms with Gasteiger partial charge in [-0.15, -0.1) is 6.58 Å². The molecule has 0 aromatic heterocycles. The third-order valence-electron chi connectivity index (χ3n) is 2.32. The van der Waals surface area contributed by atoms with Gasteiger partial charge in [0.15, 0.2) is 18.2 Å². The van der Waals surface area contributed by atoms with E-state index < -0.39 is 5.82 Å². The van der Waals surface area contributed by atoms with Gasteiger partial charge in [0.1, 0.15) is 0 Å². The highest BCUT2D eigenvalue weighted by atomic mass is 79.9. The molecule has 0 saturated carbocycles. The summed E-state index contributed by atoms with van der Waals surface area (Å²) in [6.07, 6.45) is 1.55. The monoisotopic (exact) mass is 331 g/mol. The van der Waals surface area contributed by atoms with Gasteiger partial charge < -0.3 is 14.7 Å². The lowest BCUT2D eigenvalue weighted by Crippen LogP contribution is -2.37. The maximum atomic E-state index is 13.5. The number of hydrogen-bond donors (Lipinski definition) is 1. The first-order valence-electron chi connectivity index (χ1n) is 5.66. The second kappa shape index (κ2) is 7.91. The first kappa shape index (κ1) is 15.7. The van der Waals surface area contributed by atoms with E-state index in [2.05, 4.69) is 22.5 Å². The minimum atomic E-state index is -0.542. The summed E-state index contributed by atoms with van der Waals surface area (Å²) in [6, 6.07) is 4.32. The van der Waals surface area contributed by atoms with E-state index in [1.54, 1.807) is 12.1 Å². The zero-order valence-corrected chi connectivity index (χ0v) is 11.9. The van der Waals surface area contributed by atoms with Crippen LogP contribution in [-0.4, -0.2) is 42.2 Å². The van der Waals surface area contributed by atoms with Crippen molar-refractivity contribution in [3.63, 3.8) is 0 Å². The molecule has 0 heterocycles. The van der Waals surface area contributed by atoms with Crippen molar-refractivity contribution in [1.82, 2.24) is 4.90 Å². The number of ether oxygens (including phenoxy) is 1. The first-order valence-corrected chi connectivity index (χ1v) is 6.45. The fourth-order valence-electron chi connectivity index (χ4n) is 1.42. The predicted molar refractivity (Wildman–Crippen MR) is 73.5 cm³/mol. The van der Waals surface area contributed by atoms with Gasteiger partial charge in [0, 0.05) is 17.6 Å². The summed E-state index contributed by atoms with van der Waals surface area (Å²) in [5.74, 6) is -0.866. The molecule has 0 fully saturated rings. The van der Waals surface area contributed by atoms with Gasteiger partial charge in [-0.2, -0.15) is 0 Å². The van der Waals surface area contributed by atoms with Crippen LogP contribution in [0.4, 0.5) is 4.39 Å². The molecule has 4 nitrogen and oxygen atoms in total. The van der Waals surface area contributed by atoms with Crippen molar-refractivity contribution in [3.8, 4) is 5.75 Å². The number of carbonyl (C=O) groups excluding carboxylic acids is 1. The molecule has 6 heteroatoms. The zero-order valence-electron chi connectivity index (χ0n) is 10.3. The van der Waals surface area contributed by atoms with Crippen LogP contribution in [0, 0.1) is 5.82 Å². The normalized spacial score (nSPS) is 10.1. The lowest BCUT2D eigenvalue weighted by Gasteiger charge is -2.20. The smallest absolute Gasteiger partial charge is 0.260 e. The van der Waals surface area contributed by atoms with E-state index >= 15 is 0 Å². The van der Waals surface area contributed by atoms with Crippen LogP contribution in [0.2, 0.25) is 0 Å². The number of aliphatic hydroxyl groups is 1. The molecule has 0 atom stereocenters. The Balaban J connectivity index is 2.59. The second-order valence-corrected chi connectivity index (χ2v) is 4.63. The Labute approximate surface area is 119 Å². The molecule has 0 bridgehead atoms. The maximum Gasteiger partial charge on any atom is 0.260 e. The number of rotatable bonds is 7. The van der Waals surface area contributed by atoms with Crippen molar-refractivity contribution < 1.29 is 19.0 Å². The number of nitrogens with zero attached hydrogens (tertiary/aromatic N) is 1. The van der Waals surface area contributed by atoms with Gasteiger partial charge in [0.2, 0.25) is 0 Å². The summed E-state index contributed by atoms with van der Waals surface area (Å²) in [5.41, 5.74) is 0. The van der Waals surface area contributed by atoms with Crippen molar-refractivity contribution in [2.24, 2.45) is 0 Å².